The lowest BCUT2D eigenvalue weighted by Gasteiger charge is -2.22. The topological polar surface area (TPSA) is 20.3 Å². The van der Waals surface area contributed by atoms with Gasteiger partial charge in [-0.2, -0.15) is 0 Å². The highest BCUT2D eigenvalue weighted by atomic mass is 19.2. The van der Waals surface area contributed by atoms with Gasteiger partial charge in [0.25, 0.3) is 5.91 Å². The van der Waals surface area contributed by atoms with Crippen LogP contribution in [0.1, 0.15) is 28.4 Å². The van der Waals surface area contributed by atoms with Crippen LogP contribution in [0.15, 0.2) is 42.5 Å². The summed E-state index contributed by atoms with van der Waals surface area (Å²) in [5.74, 6) is -1.89. The summed E-state index contributed by atoms with van der Waals surface area (Å²) < 4.78 is 26.2. The Balaban J connectivity index is 2.21. The number of halogens is 2. The Morgan fingerprint density at radius 2 is 1.81 bits per heavy atom. The molecule has 1 amide bonds. The van der Waals surface area contributed by atoms with E-state index in [-0.39, 0.29) is 12.5 Å². The van der Waals surface area contributed by atoms with E-state index in [0.717, 1.165) is 17.7 Å². The van der Waals surface area contributed by atoms with E-state index in [9.17, 15) is 13.6 Å². The molecule has 2 nitrogen and oxygen atoms in total. The molecule has 0 radical (unpaired) electrons. The Morgan fingerprint density at radius 1 is 1.10 bits per heavy atom. The van der Waals surface area contributed by atoms with E-state index < -0.39 is 11.6 Å². The molecule has 0 spiro atoms. The number of carbonyl (C=O) groups excluding carboxylic acids is 1. The first-order valence-corrected chi connectivity index (χ1v) is 6.81. The summed E-state index contributed by atoms with van der Waals surface area (Å²) in [7, 11) is 0. The van der Waals surface area contributed by atoms with Gasteiger partial charge in [0, 0.05) is 18.7 Å². The van der Waals surface area contributed by atoms with Gasteiger partial charge in [-0.15, -0.1) is 0 Å². The predicted molar refractivity (Wildman–Crippen MR) is 78.0 cm³/mol. The van der Waals surface area contributed by atoms with Crippen LogP contribution in [-0.2, 0) is 6.54 Å². The molecule has 0 aromatic heterocycles. The van der Waals surface area contributed by atoms with E-state index in [1.165, 1.54) is 6.07 Å². The van der Waals surface area contributed by atoms with E-state index in [0.29, 0.717) is 17.7 Å². The van der Waals surface area contributed by atoms with Crippen molar-refractivity contribution in [3.63, 3.8) is 0 Å². The highest BCUT2D eigenvalue weighted by Gasteiger charge is 2.16. The molecule has 4 heteroatoms. The van der Waals surface area contributed by atoms with E-state index >= 15 is 0 Å². The number of hydrogen-bond donors (Lipinski definition) is 0. The number of amides is 1. The van der Waals surface area contributed by atoms with Crippen molar-refractivity contribution in [1.82, 2.24) is 4.90 Å². The minimum absolute atomic E-state index is 0.111. The van der Waals surface area contributed by atoms with Crippen LogP contribution in [0.25, 0.3) is 0 Å². The molecule has 0 heterocycles. The first-order valence-electron chi connectivity index (χ1n) is 6.81. The van der Waals surface area contributed by atoms with Crippen LogP contribution in [0.4, 0.5) is 8.78 Å². The minimum Gasteiger partial charge on any atom is -0.335 e. The number of rotatable bonds is 4. The third-order valence-corrected chi connectivity index (χ3v) is 3.40. The molecule has 0 atom stereocenters. The lowest BCUT2D eigenvalue weighted by atomic mass is 10.1. The number of carbonyl (C=O) groups is 1. The zero-order valence-corrected chi connectivity index (χ0v) is 12.1. The molecule has 0 unspecified atom stereocenters. The summed E-state index contributed by atoms with van der Waals surface area (Å²) in [5.41, 5.74) is 2.09. The van der Waals surface area contributed by atoms with Gasteiger partial charge in [0.2, 0.25) is 0 Å². The molecule has 0 saturated carbocycles. The molecule has 2 aromatic rings. The van der Waals surface area contributed by atoms with E-state index in [2.05, 4.69) is 0 Å². The molecule has 0 aliphatic carbocycles. The molecular formula is C17H17F2NO. The SMILES string of the molecule is CCN(Cc1ccc(F)c(F)c1)C(=O)c1ccccc1C. The molecule has 110 valence electrons. The maximum Gasteiger partial charge on any atom is 0.254 e. The van der Waals surface area contributed by atoms with Crippen molar-refractivity contribution in [2.24, 2.45) is 0 Å². The summed E-state index contributed by atoms with van der Waals surface area (Å²) in [6.07, 6.45) is 0. The summed E-state index contributed by atoms with van der Waals surface area (Å²) >= 11 is 0. The maximum atomic E-state index is 13.2. The monoisotopic (exact) mass is 289 g/mol. The fourth-order valence-corrected chi connectivity index (χ4v) is 2.17. The zero-order chi connectivity index (χ0) is 15.4. The minimum atomic E-state index is -0.896. The molecular weight excluding hydrogens is 272 g/mol. The van der Waals surface area contributed by atoms with Crippen LogP contribution in [0.3, 0.4) is 0 Å². The Hall–Kier alpha value is -2.23. The Bertz CT molecular complexity index is 655. The molecule has 21 heavy (non-hydrogen) atoms. The van der Waals surface area contributed by atoms with Crippen molar-refractivity contribution in [1.29, 1.82) is 0 Å². The van der Waals surface area contributed by atoms with Gasteiger partial charge in [0.15, 0.2) is 11.6 Å². The van der Waals surface area contributed by atoms with Crippen LogP contribution in [-0.4, -0.2) is 17.4 Å². The second-order valence-electron chi connectivity index (χ2n) is 4.88. The molecule has 0 aliphatic heterocycles. The second-order valence-corrected chi connectivity index (χ2v) is 4.88. The quantitative estimate of drug-likeness (QED) is 0.835. The first-order chi connectivity index (χ1) is 10.0. The van der Waals surface area contributed by atoms with Crippen LogP contribution in [0.2, 0.25) is 0 Å². The smallest absolute Gasteiger partial charge is 0.254 e. The highest BCUT2D eigenvalue weighted by molar-refractivity contribution is 5.95. The summed E-state index contributed by atoms with van der Waals surface area (Å²) in [6.45, 7) is 4.47. The largest absolute Gasteiger partial charge is 0.335 e. The molecule has 2 rings (SSSR count). The Morgan fingerprint density at radius 3 is 2.43 bits per heavy atom. The van der Waals surface area contributed by atoms with Crippen molar-refractivity contribution in [2.75, 3.05) is 6.54 Å². The molecule has 2 aromatic carbocycles. The van der Waals surface area contributed by atoms with Gasteiger partial charge in [-0.3, -0.25) is 4.79 Å². The van der Waals surface area contributed by atoms with E-state index in [1.54, 1.807) is 11.0 Å². The molecule has 0 fully saturated rings. The lowest BCUT2D eigenvalue weighted by molar-refractivity contribution is 0.0751. The fourth-order valence-electron chi connectivity index (χ4n) is 2.17. The van der Waals surface area contributed by atoms with E-state index in [1.807, 2.05) is 32.0 Å². The van der Waals surface area contributed by atoms with Gasteiger partial charge >= 0.3 is 0 Å². The third kappa shape index (κ3) is 3.45. The Kier molecular flexibility index (Phi) is 4.68. The molecule has 0 aliphatic rings. The molecule has 0 bridgehead atoms. The van der Waals surface area contributed by atoms with Crippen molar-refractivity contribution in [3.05, 3.63) is 70.8 Å². The van der Waals surface area contributed by atoms with E-state index in [4.69, 9.17) is 0 Å². The van der Waals surface area contributed by atoms with Gasteiger partial charge in [-0.1, -0.05) is 24.3 Å². The maximum absolute atomic E-state index is 13.2. The standard InChI is InChI=1S/C17H17F2NO/c1-3-20(11-13-8-9-15(18)16(19)10-13)17(21)14-7-5-4-6-12(14)2/h4-10H,3,11H2,1-2H3. The van der Waals surface area contributed by atoms with Crippen LogP contribution < -0.4 is 0 Å². The van der Waals surface area contributed by atoms with Crippen molar-refractivity contribution < 1.29 is 13.6 Å². The first kappa shape index (κ1) is 15.2. The van der Waals surface area contributed by atoms with Crippen molar-refractivity contribution >= 4 is 5.91 Å². The van der Waals surface area contributed by atoms with Gasteiger partial charge in [0.05, 0.1) is 0 Å². The number of benzene rings is 2. The van der Waals surface area contributed by atoms with Gasteiger partial charge in [0.1, 0.15) is 0 Å². The Labute approximate surface area is 123 Å². The second kappa shape index (κ2) is 6.48. The fraction of sp³-hybridized carbons (Fsp3) is 0.235. The van der Waals surface area contributed by atoms with Crippen molar-refractivity contribution in [2.45, 2.75) is 20.4 Å². The number of nitrogens with zero attached hydrogens (tertiary/aromatic N) is 1. The van der Waals surface area contributed by atoms with Gasteiger partial charge in [-0.25, -0.2) is 8.78 Å². The summed E-state index contributed by atoms with van der Waals surface area (Å²) in [5, 5.41) is 0. The third-order valence-electron chi connectivity index (χ3n) is 3.40. The van der Waals surface area contributed by atoms with Crippen LogP contribution >= 0.6 is 0 Å². The molecule has 0 saturated heterocycles. The van der Waals surface area contributed by atoms with Gasteiger partial charge < -0.3 is 4.90 Å². The number of hydrogen-bond acceptors (Lipinski definition) is 1. The average molecular weight is 289 g/mol. The normalized spacial score (nSPS) is 10.5. The lowest BCUT2D eigenvalue weighted by Crippen LogP contribution is -2.30. The number of aryl methyl sites for hydroxylation is 1. The molecule has 0 N–H and O–H groups in total. The van der Waals surface area contributed by atoms with Gasteiger partial charge in [-0.05, 0) is 43.2 Å². The predicted octanol–water partition coefficient (Wildman–Crippen LogP) is 3.94. The van der Waals surface area contributed by atoms with Crippen molar-refractivity contribution in [3.8, 4) is 0 Å². The average Bonchev–Trinajstić information content (AvgIpc) is 2.48. The zero-order valence-electron chi connectivity index (χ0n) is 12.1. The summed E-state index contributed by atoms with van der Waals surface area (Å²) in [6, 6.07) is 11.0. The van der Waals surface area contributed by atoms with Crippen LogP contribution in [0, 0.1) is 18.6 Å². The summed E-state index contributed by atoms with van der Waals surface area (Å²) in [4.78, 5) is 14.1. The van der Waals surface area contributed by atoms with Crippen LogP contribution in [0.5, 0.6) is 0 Å². The highest BCUT2D eigenvalue weighted by Crippen LogP contribution is 2.15.